The Morgan fingerprint density at radius 3 is 2.76 bits per heavy atom. The van der Waals surface area contributed by atoms with Gasteiger partial charge < -0.3 is 10.0 Å². The van der Waals surface area contributed by atoms with Gasteiger partial charge in [-0.25, -0.2) is 4.39 Å². The van der Waals surface area contributed by atoms with Crippen LogP contribution in [0.4, 0.5) is 10.1 Å². The highest BCUT2D eigenvalue weighted by molar-refractivity contribution is 6.05. The van der Waals surface area contributed by atoms with E-state index in [0.29, 0.717) is 5.69 Å². The minimum Gasteiger partial charge on any atom is -0.391 e. The Balaban J connectivity index is 2.45. The van der Waals surface area contributed by atoms with Gasteiger partial charge in [-0.15, -0.1) is 0 Å². The molecule has 1 N–H and O–H groups in total. The van der Waals surface area contributed by atoms with Crippen LogP contribution in [0, 0.1) is 5.82 Å². The molecule has 90 valence electrons. The highest BCUT2D eigenvalue weighted by Gasteiger charge is 2.31. The molecular weight excluding hydrogens is 225 g/mol. The molecule has 0 saturated carbocycles. The Labute approximate surface area is 97.7 Å². The molecule has 1 saturated heterocycles. The molecule has 2 rings (SSSR count). The van der Waals surface area contributed by atoms with E-state index in [-0.39, 0.29) is 30.2 Å². The predicted molar refractivity (Wildman–Crippen MR) is 59.4 cm³/mol. The fourth-order valence-electron chi connectivity index (χ4n) is 1.95. The number of rotatable bonds is 2. The molecule has 1 aromatic rings. The van der Waals surface area contributed by atoms with Crippen LogP contribution in [0.15, 0.2) is 18.2 Å². The van der Waals surface area contributed by atoms with Crippen molar-refractivity contribution in [3.8, 4) is 0 Å². The van der Waals surface area contributed by atoms with Gasteiger partial charge >= 0.3 is 0 Å². The van der Waals surface area contributed by atoms with Crippen molar-refractivity contribution in [1.29, 1.82) is 0 Å². The van der Waals surface area contributed by atoms with Gasteiger partial charge in [-0.05, 0) is 25.1 Å². The number of halogens is 1. The Morgan fingerprint density at radius 1 is 1.53 bits per heavy atom. The van der Waals surface area contributed by atoms with E-state index in [0.717, 1.165) is 6.07 Å². The Morgan fingerprint density at radius 2 is 2.24 bits per heavy atom. The summed E-state index contributed by atoms with van der Waals surface area (Å²) < 4.78 is 13.1. The second-order valence-electron chi connectivity index (χ2n) is 4.08. The zero-order valence-electron chi connectivity index (χ0n) is 9.31. The summed E-state index contributed by atoms with van der Waals surface area (Å²) >= 11 is 0. The minimum atomic E-state index is -0.729. The van der Waals surface area contributed by atoms with E-state index in [1.54, 1.807) is 0 Å². The first-order chi connectivity index (χ1) is 7.99. The number of hydrogen-bond acceptors (Lipinski definition) is 3. The van der Waals surface area contributed by atoms with Crippen LogP contribution >= 0.6 is 0 Å². The van der Waals surface area contributed by atoms with Gasteiger partial charge in [-0.2, -0.15) is 0 Å². The minimum absolute atomic E-state index is 0.0364. The number of anilines is 1. The molecule has 1 atom stereocenters. The molecule has 1 heterocycles. The van der Waals surface area contributed by atoms with Crippen LogP contribution in [0.1, 0.15) is 23.7 Å². The van der Waals surface area contributed by atoms with Crippen molar-refractivity contribution in [3.63, 3.8) is 0 Å². The van der Waals surface area contributed by atoms with Gasteiger partial charge in [0, 0.05) is 5.56 Å². The lowest BCUT2D eigenvalue weighted by Gasteiger charge is -2.18. The zero-order chi connectivity index (χ0) is 12.6. The Bertz CT molecular complexity index is 487. The monoisotopic (exact) mass is 237 g/mol. The summed E-state index contributed by atoms with van der Waals surface area (Å²) in [5, 5.41) is 9.39. The summed E-state index contributed by atoms with van der Waals surface area (Å²) in [6.45, 7) is 1.46. The van der Waals surface area contributed by atoms with Crippen LogP contribution in [0.3, 0.4) is 0 Å². The molecule has 0 aliphatic carbocycles. The second kappa shape index (κ2) is 4.25. The summed E-state index contributed by atoms with van der Waals surface area (Å²) in [4.78, 5) is 24.3. The maximum absolute atomic E-state index is 13.1. The molecule has 0 spiro atoms. The number of carbonyl (C=O) groups is 2. The molecule has 1 aromatic carbocycles. The number of carbonyl (C=O) groups excluding carboxylic acids is 2. The normalized spacial score (nSPS) is 19.8. The summed E-state index contributed by atoms with van der Waals surface area (Å²) in [5.41, 5.74) is 0.521. The van der Waals surface area contributed by atoms with E-state index >= 15 is 0 Å². The topological polar surface area (TPSA) is 57.6 Å². The van der Waals surface area contributed by atoms with Gasteiger partial charge in [0.1, 0.15) is 5.82 Å². The van der Waals surface area contributed by atoms with E-state index in [2.05, 4.69) is 0 Å². The van der Waals surface area contributed by atoms with Gasteiger partial charge in [0.25, 0.3) is 0 Å². The molecule has 0 bridgehead atoms. The van der Waals surface area contributed by atoms with Gasteiger partial charge in [-0.1, -0.05) is 0 Å². The van der Waals surface area contributed by atoms with Crippen LogP contribution in [0.5, 0.6) is 0 Å². The fourth-order valence-corrected chi connectivity index (χ4v) is 1.95. The third-order valence-corrected chi connectivity index (χ3v) is 2.73. The highest BCUT2D eigenvalue weighted by atomic mass is 19.1. The maximum Gasteiger partial charge on any atom is 0.229 e. The molecular formula is C12H12FNO3. The molecule has 17 heavy (non-hydrogen) atoms. The molecule has 4 nitrogen and oxygen atoms in total. The van der Waals surface area contributed by atoms with Crippen LogP contribution in [0.2, 0.25) is 0 Å². The second-order valence-corrected chi connectivity index (χ2v) is 4.08. The molecule has 0 radical (unpaired) electrons. The molecule has 1 amide bonds. The summed E-state index contributed by atoms with van der Waals surface area (Å²) in [5.74, 6) is -1.09. The van der Waals surface area contributed by atoms with E-state index in [9.17, 15) is 19.1 Å². The van der Waals surface area contributed by atoms with Crippen LogP contribution in [0.25, 0.3) is 0 Å². The Kier molecular flexibility index (Phi) is 2.93. The lowest BCUT2D eigenvalue weighted by molar-refractivity contribution is -0.117. The molecule has 1 aliphatic rings. The molecule has 5 heteroatoms. The fraction of sp³-hybridized carbons (Fsp3) is 0.333. The summed E-state index contributed by atoms with van der Waals surface area (Å²) in [7, 11) is 0. The van der Waals surface area contributed by atoms with Gasteiger partial charge in [0.15, 0.2) is 5.78 Å². The number of Topliss-reactive ketones (excluding diaryl/α,β-unsaturated/α-hetero) is 1. The number of benzene rings is 1. The van der Waals surface area contributed by atoms with E-state index in [1.165, 1.54) is 24.0 Å². The van der Waals surface area contributed by atoms with Crippen molar-refractivity contribution in [3.05, 3.63) is 29.6 Å². The number of hydrogen-bond donors (Lipinski definition) is 1. The zero-order valence-corrected chi connectivity index (χ0v) is 9.31. The lowest BCUT2D eigenvalue weighted by Crippen LogP contribution is -2.27. The number of ketones is 1. The van der Waals surface area contributed by atoms with E-state index in [1.807, 2.05) is 0 Å². The predicted octanol–water partition coefficient (Wildman–Crippen LogP) is 1.13. The number of nitrogens with zero attached hydrogens (tertiary/aromatic N) is 1. The van der Waals surface area contributed by atoms with Crippen LogP contribution < -0.4 is 4.90 Å². The van der Waals surface area contributed by atoms with Gasteiger partial charge in [0.2, 0.25) is 5.91 Å². The molecule has 1 fully saturated rings. The molecule has 1 aliphatic heterocycles. The molecule has 0 aromatic heterocycles. The highest BCUT2D eigenvalue weighted by Crippen LogP contribution is 2.26. The largest absolute Gasteiger partial charge is 0.391 e. The van der Waals surface area contributed by atoms with Crippen molar-refractivity contribution in [1.82, 2.24) is 0 Å². The van der Waals surface area contributed by atoms with Gasteiger partial charge in [0.05, 0.1) is 24.8 Å². The summed E-state index contributed by atoms with van der Waals surface area (Å²) in [6.07, 6.45) is -0.693. The van der Waals surface area contributed by atoms with E-state index < -0.39 is 11.9 Å². The number of amides is 1. The summed E-state index contributed by atoms with van der Waals surface area (Å²) in [6, 6.07) is 3.69. The third kappa shape index (κ3) is 2.19. The lowest BCUT2D eigenvalue weighted by atomic mass is 10.1. The first-order valence-corrected chi connectivity index (χ1v) is 5.28. The third-order valence-electron chi connectivity index (χ3n) is 2.73. The van der Waals surface area contributed by atoms with Crippen molar-refractivity contribution in [2.45, 2.75) is 19.4 Å². The number of aliphatic hydroxyl groups excluding tert-OH is 1. The van der Waals surface area contributed by atoms with Crippen molar-refractivity contribution in [2.24, 2.45) is 0 Å². The number of aliphatic hydroxyl groups is 1. The van der Waals surface area contributed by atoms with Crippen molar-refractivity contribution >= 4 is 17.4 Å². The first-order valence-electron chi connectivity index (χ1n) is 5.28. The number of β-amino-alcohol motifs (C(OH)–C–C–N with tert-alkyl or cyclic N) is 1. The maximum atomic E-state index is 13.1. The Hall–Kier alpha value is -1.75. The van der Waals surface area contributed by atoms with Crippen molar-refractivity contribution in [2.75, 3.05) is 11.4 Å². The van der Waals surface area contributed by atoms with Crippen LogP contribution in [-0.2, 0) is 4.79 Å². The average Bonchev–Trinajstić information content (AvgIpc) is 2.57. The SMILES string of the molecule is CC(=O)c1cc(F)ccc1N1CC(O)CC1=O. The average molecular weight is 237 g/mol. The van der Waals surface area contributed by atoms with Crippen LogP contribution in [-0.4, -0.2) is 29.4 Å². The molecule has 1 unspecified atom stereocenters. The smallest absolute Gasteiger partial charge is 0.229 e. The van der Waals surface area contributed by atoms with Crippen molar-refractivity contribution < 1.29 is 19.1 Å². The van der Waals surface area contributed by atoms with Gasteiger partial charge in [-0.3, -0.25) is 9.59 Å². The quantitative estimate of drug-likeness (QED) is 0.784. The van der Waals surface area contributed by atoms with E-state index in [4.69, 9.17) is 0 Å². The standard InChI is InChI=1S/C12H12FNO3/c1-7(15)10-4-8(13)2-3-11(10)14-6-9(16)5-12(14)17/h2-4,9,16H,5-6H2,1H3. The first kappa shape index (κ1) is 11.7.